The van der Waals surface area contributed by atoms with Gasteiger partial charge in [0.05, 0.1) is 0 Å². The Morgan fingerprint density at radius 1 is 1.00 bits per heavy atom. The molecule has 1 N–H and O–H groups in total. The maximum absolute atomic E-state index is 3.71. The number of piperidine rings is 2. The zero-order valence-corrected chi connectivity index (χ0v) is 13.9. The molecule has 2 aliphatic rings. The third kappa shape index (κ3) is 4.44. The fraction of sp³-hybridized carbons (Fsp3) is 1.00. The Morgan fingerprint density at radius 2 is 1.75 bits per heavy atom. The molecule has 118 valence electrons. The van der Waals surface area contributed by atoms with E-state index in [0.29, 0.717) is 0 Å². The number of hydrogen-bond donors (Lipinski definition) is 1. The van der Waals surface area contributed by atoms with Gasteiger partial charge >= 0.3 is 0 Å². The second-order valence-electron chi connectivity index (χ2n) is 6.84. The first-order chi connectivity index (χ1) is 9.74. The fourth-order valence-electron chi connectivity index (χ4n) is 4.06. The highest BCUT2D eigenvalue weighted by atomic mass is 15.2. The second kappa shape index (κ2) is 8.35. The molecular weight excluding hydrogens is 246 g/mol. The first kappa shape index (κ1) is 16.3. The van der Waals surface area contributed by atoms with Crippen LogP contribution < -0.4 is 5.32 Å². The summed E-state index contributed by atoms with van der Waals surface area (Å²) in [6.45, 7) is 13.4. The Kier molecular flexibility index (Phi) is 6.79. The van der Waals surface area contributed by atoms with Gasteiger partial charge in [-0.15, -0.1) is 0 Å². The summed E-state index contributed by atoms with van der Waals surface area (Å²) in [5.74, 6) is 0. The van der Waals surface area contributed by atoms with E-state index < -0.39 is 0 Å². The molecule has 2 fully saturated rings. The molecule has 2 atom stereocenters. The van der Waals surface area contributed by atoms with E-state index in [4.69, 9.17) is 0 Å². The predicted octanol–water partition coefficient (Wildman–Crippen LogP) is 2.71. The summed E-state index contributed by atoms with van der Waals surface area (Å²) in [6.07, 6.45) is 8.02. The zero-order chi connectivity index (χ0) is 14.4. The molecule has 0 spiro atoms. The zero-order valence-electron chi connectivity index (χ0n) is 13.9. The fourth-order valence-corrected chi connectivity index (χ4v) is 4.06. The number of nitrogens with zero attached hydrogens (tertiary/aromatic N) is 2. The summed E-state index contributed by atoms with van der Waals surface area (Å²) < 4.78 is 0. The maximum Gasteiger partial charge on any atom is 0.0122 e. The van der Waals surface area contributed by atoms with Crippen molar-refractivity contribution in [2.45, 2.75) is 77.4 Å². The minimum atomic E-state index is 0.765. The van der Waals surface area contributed by atoms with Gasteiger partial charge in [-0.1, -0.05) is 13.8 Å². The van der Waals surface area contributed by atoms with Crippen molar-refractivity contribution in [3.05, 3.63) is 0 Å². The monoisotopic (exact) mass is 281 g/mol. The number of likely N-dealkylation sites (tertiary alicyclic amines) is 2. The van der Waals surface area contributed by atoms with Gasteiger partial charge in [0.2, 0.25) is 0 Å². The van der Waals surface area contributed by atoms with Crippen molar-refractivity contribution in [2.24, 2.45) is 0 Å². The van der Waals surface area contributed by atoms with Gasteiger partial charge in [-0.05, 0) is 71.6 Å². The van der Waals surface area contributed by atoms with Crippen LogP contribution in [0.1, 0.15) is 59.3 Å². The summed E-state index contributed by atoms with van der Waals surface area (Å²) in [6, 6.07) is 2.38. The molecule has 20 heavy (non-hydrogen) atoms. The maximum atomic E-state index is 3.71. The van der Waals surface area contributed by atoms with Crippen LogP contribution >= 0.6 is 0 Å². The lowest BCUT2D eigenvalue weighted by atomic mass is 9.93. The van der Waals surface area contributed by atoms with Crippen LogP contribution in [0.3, 0.4) is 0 Å². The molecular formula is C17H35N3. The molecule has 2 rings (SSSR count). The van der Waals surface area contributed by atoms with Crippen LogP contribution in [0.5, 0.6) is 0 Å². The highest BCUT2D eigenvalue weighted by molar-refractivity contribution is 4.89. The van der Waals surface area contributed by atoms with Crippen LogP contribution in [0, 0.1) is 0 Å². The molecule has 2 saturated heterocycles. The van der Waals surface area contributed by atoms with Gasteiger partial charge in [-0.2, -0.15) is 0 Å². The molecule has 0 aromatic carbocycles. The highest BCUT2D eigenvalue weighted by Crippen LogP contribution is 2.25. The molecule has 3 heteroatoms. The smallest absolute Gasteiger partial charge is 0.0122 e. The van der Waals surface area contributed by atoms with Gasteiger partial charge < -0.3 is 10.2 Å². The second-order valence-corrected chi connectivity index (χ2v) is 6.84. The van der Waals surface area contributed by atoms with Crippen molar-refractivity contribution < 1.29 is 0 Å². The van der Waals surface area contributed by atoms with Gasteiger partial charge in [0.1, 0.15) is 0 Å². The molecule has 3 nitrogen and oxygen atoms in total. The van der Waals surface area contributed by atoms with Crippen molar-refractivity contribution in [3.63, 3.8) is 0 Å². The molecule has 0 radical (unpaired) electrons. The molecule has 0 aliphatic carbocycles. The minimum absolute atomic E-state index is 0.765. The molecule has 0 aromatic heterocycles. The van der Waals surface area contributed by atoms with E-state index in [2.05, 4.69) is 35.9 Å². The quantitative estimate of drug-likeness (QED) is 0.807. The van der Waals surface area contributed by atoms with Gasteiger partial charge in [0.25, 0.3) is 0 Å². The van der Waals surface area contributed by atoms with Gasteiger partial charge in [-0.3, -0.25) is 4.90 Å². The van der Waals surface area contributed by atoms with Crippen LogP contribution in [-0.2, 0) is 0 Å². The lowest BCUT2D eigenvalue weighted by Gasteiger charge is -2.45. The minimum Gasteiger partial charge on any atom is -0.314 e. The third-order valence-electron chi connectivity index (χ3n) is 5.18. The van der Waals surface area contributed by atoms with E-state index in [1.54, 1.807) is 0 Å². The predicted molar refractivity (Wildman–Crippen MR) is 87.2 cm³/mol. The van der Waals surface area contributed by atoms with Crippen LogP contribution in [0.4, 0.5) is 0 Å². The van der Waals surface area contributed by atoms with Crippen molar-refractivity contribution in [1.29, 1.82) is 0 Å². The van der Waals surface area contributed by atoms with Crippen LogP contribution in [-0.4, -0.2) is 60.6 Å². The molecule has 0 aromatic rings. The van der Waals surface area contributed by atoms with Crippen molar-refractivity contribution in [2.75, 3.05) is 32.7 Å². The number of hydrogen-bond acceptors (Lipinski definition) is 3. The highest BCUT2D eigenvalue weighted by Gasteiger charge is 2.31. The molecule has 2 heterocycles. The molecule has 0 saturated carbocycles. The van der Waals surface area contributed by atoms with Gasteiger partial charge in [-0.25, -0.2) is 0 Å². The Bertz CT molecular complexity index is 261. The molecule has 0 bridgehead atoms. The molecule has 0 amide bonds. The largest absolute Gasteiger partial charge is 0.314 e. The van der Waals surface area contributed by atoms with E-state index in [-0.39, 0.29) is 0 Å². The standard InChI is InChI=1S/C17H35N3/c1-4-9-18-16-6-13-20(15(3)14-16)17-7-11-19(10-5-2)12-8-17/h15-18H,4-14H2,1-3H3. The van der Waals surface area contributed by atoms with Gasteiger partial charge in [0, 0.05) is 24.7 Å². The summed E-state index contributed by atoms with van der Waals surface area (Å²) in [4.78, 5) is 5.46. The van der Waals surface area contributed by atoms with Gasteiger partial charge in [0.15, 0.2) is 0 Å². The van der Waals surface area contributed by atoms with Crippen LogP contribution in [0.2, 0.25) is 0 Å². The Balaban J connectivity index is 1.74. The summed E-state index contributed by atoms with van der Waals surface area (Å²) in [5.41, 5.74) is 0. The SMILES string of the molecule is CCCNC1CCN(C2CCN(CCC)CC2)C(C)C1. The number of rotatable bonds is 6. The number of nitrogens with one attached hydrogen (secondary N) is 1. The average Bonchev–Trinajstić information content (AvgIpc) is 2.47. The normalized spacial score (nSPS) is 30.8. The van der Waals surface area contributed by atoms with E-state index in [9.17, 15) is 0 Å². The van der Waals surface area contributed by atoms with Crippen LogP contribution in [0.15, 0.2) is 0 Å². The van der Waals surface area contributed by atoms with E-state index in [1.807, 2.05) is 0 Å². The van der Waals surface area contributed by atoms with Crippen molar-refractivity contribution in [3.8, 4) is 0 Å². The Labute approximate surface area is 126 Å². The Hall–Kier alpha value is -0.120. The topological polar surface area (TPSA) is 18.5 Å². The van der Waals surface area contributed by atoms with E-state index >= 15 is 0 Å². The van der Waals surface area contributed by atoms with E-state index in [0.717, 1.165) is 18.1 Å². The first-order valence-corrected chi connectivity index (χ1v) is 8.96. The van der Waals surface area contributed by atoms with Crippen molar-refractivity contribution in [1.82, 2.24) is 15.1 Å². The summed E-state index contributed by atoms with van der Waals surface area (Å²) in [5, 5.41) is 3.71. The first-order valence-electron chi connectivity index (χ1n) is 8.96. The lowest BCUT2D eigenvalue weighted by Crippen LogP contribution is -2.54. The van der Waals surface area contributed by atoms with E-state index in [1.165, 1.54) is 71.2 Å². The van der Waals surface area contributed by atoms with Crippen LogP contribution in [0.25, 0.3) is 0 Å². The Morgan fingerprint density at radius 3 is 2.35 bits per heavy atom. The lowest BCUT2D eigenvalue weighted by molar-refractivity contribution is 0.0474. The van der Waals surface area contributed by atoms with Crippen molar-refractivity contribution >= 4 is 0 Å². The third-order valence-corrected chi connectivity index (χ3v) is 5.18. The molecule has 2 unspecified atom stereocenters. The average molecular weight is 281 g/mol. The summed E-state index contributed by atoms with van der Waals surface area (Å²) >= 11 is 0. The molecule has 2 aliphatic heterocycles. The summed E-state index contributed by atoms with van der Waals surface area (Å²) in [7, 11) is 0.